The molecular weight excluding hydrogens is 280 g/mol. The Morgan fingerprint density at radius 3 is 2.76 bits per heavy atom. The van der Waals surface area contributed by atoms with E-state index in [1.807, 2.05) is 37.4 Å². The van der Waals surface area contributed by atoms with Crippen LogP contribution in [-0.2, 0) is 0 Å². The average molecular weight is 294 g/mol. The zero-order valence-corrected chi connectivity index (χ0v) is 12.6. The molecule has 4 nitrogen and oxygen atoms in total. The molecule has 3 rings (SSSR count). The SMILES string of the molecule is Cc1cnc(C(C)Nc2c(C#N)cnc3ccccc23)s1. The van der Waals surface area contributed by atoms with Gasteiger partial charge in [-0.25, -0.2) is 4.98 Å². The van der Waals surface area contributed by atoms with Crippen LogP contribution >= 0.6 is 11.3 Å². The van der Waals surface area contributed by atoms with Crippen LogP contribution < -0.4 is 5.32 Å². The molecule has 1 N–H and O–H groups in total. The molecule has 2 aromatic heterocycles. The normalized spacial score (nSPS) is 12.0. The molecule has 5 heteroatoms. The summed E-state index contributed by atoms with van der Waals surface area (Å²) in [6.45, 7) is 4.09. The van der Waals surface area contributed by atoms with Crippen molar-refractivity contribution in [1.29, 1.82) is 5.26 Å². The fourth-order valence-electron chi connectivity index (χ4n) is 2.23. The molecule has 0 spiro atoms. The second kappa shape index (κ2) is 5.51. The largest absolute Gasteiger partial charge is 0.374 e. The van der Waals surface area contributed by atoms with Gasteiger partial charge in [-0.1, -0.05) is 18.2 Å². The Morgan fingerprint density at radius 1 is 1.24 bits per heavy atom. The number of benzene rings is 1. The number of hydrogen-bond acceptors (Lipinski definition) is 5. The number of nitriles is 1. The van der Waals surface area contributed by atoms with Crippen molar-refractivity contribution in [3.8, 4) is 6.07 Å². The van der Waals surface area contributed by atoms with Crippen LogP contribution in [0.25, 0.3) is 10.9 Å². The van der Waals surface area contributed by atoms with Crippen LogP contribution in [0.5, 0.6) is 0 Å². The Kier molecular flexibility index (Phi) is 3.55. The Balaban J connectivity index is 2.05. The number of aryl methyl sites for hydroxylation is 1. The van der Waals surface area contributed by atoms with Gasteiger partial charge >= 0.3 is 0 Å². The summed E-state index contributed by atoms with van der Waals surface area (Å²) in [5, 5.41) is 14.7. The van der Waals surface area contributed by atoms with Gasteiger partial charge in [0.05, 0.1) is 22.8 Å². The van der Waals surface area contributed by atoms with Crippen molar-refractivity contribution in [3.05, 3.63) is 52.1 Å². The summed E-state index contributed by atoms with van der Waals surface area (Å²) in [6.07, 6.45) is 3.48. The van der Waals surface area contributed by atoms with E-state index in [4.69, 9.17) is 0 Å². The minimum Gasteiger partial charge on any atom is -0.374 e. The lowest BCUT2D eigenvalue weighted by molar-refractivity contribution is 0.870. The fourth-order valence-corrected chi connectivity index (χ4v) is 3.01. The summed E-state index contributed by atoms with van der Waals surface area (Å²) in [4.78, 5) is 9.91. The average Bonchev–Trinajstić information content (AvgIpc) is 2.94. The number of nitrogens with one attached hydrogen (secondary N) is 1. The van der Waals surface area contributed by atoms with E-state index in [-0.39, 0.29) is 6.04 Å². The van der Waals surface area contributed by atoms with Gasteiger partial charge in [-0.05, 0) is 19.9 Å². The van der Waals surface area contributed by atoms with E-state index in [9.17, 15) is 5.26 Å². The highest BCUT2D eigenvalue weighted by Crippen LogP contribution is 2.30. The summed E-state index contributed by atoms with van der Waals surface area (Å²) >= 11 is 1.66. The molecule has 0 aliphatic carbocycles. The number of fused-ring (bicyclic) bond motifs is 1. The number of hydrogen-bond donors (Lipinski definition) is 1. The molecule has 1 aromatic carbocycles. The zero-order chi connectivity index (χ0) is 14.8. The molecule has 0 aliphatic heterocycles. The van der Waals surface area contributed by atoms with Crippen LogP contribution in [0.4, 0.5) is 5.69 Å². The van der Waals surface area contributed by atoms with Crippen molar-refractivity contribution in [2.45, 2.75) is 19.9 Å². The van der Waals surface area contributed by atoms with Crippen molar-refractivity contribution < 1.29 is 0 Å². The zero-order valence-electron chi connectivity index (χ0n) is 11.8. The molecule has 0 aliphatic rings. The van der Waals surface area contributed by atoms with E-state index in [2.05, 4.69) is 28.3 Å². The second-order valence-electron chi connectivity index (χ2n) is 4.85. The third kappa shape index (κ3) is 2.58. The van der Waals surface area contributed by atoms with Crippen molar-refractivity contribution in [2.24, 2.45) is 0 Å². The number of thiazole rings is 1. The van der Waals surface area contributed by atoms with Crippen molar-refractivity contribution in [3.63, 3.8) is 0 Å². The summed E-state index contributed by atoms with van der Waals surface area (Å²) in [6, 6.07) is 10.1. The summed E-state index contributed by atoms with van der Waals surface area (Å²) in [5.74, 6) is 0. The van der Waals surface area contributed by atoms with Crippen molar-refractivity contribution in [2.75, 3.05) is 5.32 Å². The smallest absolute Gasteiger partial charge is 0.115 e. The van der Waals surface area contributed by atoms with Gasteiger partial charge in [-0.2, -0.15) is 5.26 Å². The number of aromatic nitrogens is 2. The highest BCUT2D eigenvalue weighted by Gasteiger charge is 2.14. The Morgan fingerprint density at radius 2 is 2.05 bits per heavy atom. The third-order valence-corrected chi connectivity index (χ3v) is 4.36. The predicted octanol–water partition coefficient (Wildman–Crippen LogP) is 4.04. The molecule has 3 aromatic rings. The third-order valence-electron chi connectivity index (χ3n) is 3.27. The summed E-state index contributed by atoms with van der Waals surface area (Å²) in [7, 11) is 0. The number of rotatable bonds is 3. The lowest BCUT2D eigenvalue weighted by Gasteiger charge is -2.16. The minimum atomic E-state index is 0.0432. The van der Waals surface area contributed by atoms with Gasteiger partial charge in [0.15, 0.2) is 0 Å². The Labute approximate surface area is 127 Å². The van der Waals surface area contributed by atoms with Crippen LogP contribution in [0.2, 0.25) is 0 Å². The van der Waals surface area contributed by atoms with Crippen LogP contribution in [0.3, 0.4) is 0 Å². The molecule has 2 heterocycles. The first-order valence-corrected chi connectivity index (χ1v) is 7.47. The molecule has 104 valence electrons. The lowest BCUT2D eigenvalue weighted by atomic mass is 10.1. The fraction of sp³-hybridized carbons (Fsp3) is 0.188. The van der Waals surface area contributed by atoms with Crippen LogP contribution in [0, 0.1) is 18.3 Å². The van der Waals surface area contributed by atoms with Gasteiger partial charge < -0.3 is 5.32 Å². The van der Waals surface area contributed by atoms with E-state index in [1.165, 1.54) is 4.88 Å². The van der Waals surface area contributed by atoms with Gasteiger partial charge in [-0.15, -0.1) is 11.3 Å². The maximum absolute atomic E-state index is 9.32. The summed E-state index contributed by atoms with van der Waals surface area (Å²) < 4.78 is 0. The highest BCUT2D eigenvalue weighted by atomic mass is 32.1. The molecule has 0 radical (unpaired) electrons. The van der Waals surface area contributed by atoms with E-state index < -0.39 is 0 Å². The first-order valence-electron chi connectivity index (χ1n) is 6.65. The molecule has 0 saturated carbocycles. The molecule has 0 bridgehead atoms. The van der Waals surface area contributed by atoms with E-state index in [0.29, 0.717) is 5.56 Å². The van der Waals surface area contributed by atoms with Gasteiger partial charge in [0.25, 0.3) is 0 Å². The van der Waals surface area contributed by atoms with Crippen LogP contribution in [0.15, 0.2) is 36.7 Å². The monoisotopic (exact) mass is 294 g/mol. The predicted molar refractivity (Wildman–Crippen MR) is 85.3 cm³/mol. The van der Waals surface area contributed by atoms with Gasteiger partial charge in [0.1, 0.15) is 11.1 Å². The molecule has 1 atom stereocenters. The molecule has 21 heavy (non-hydrogen) atoms. The lowest BCUT2D eigenvalue weighted by Crippen LogP contribution is -2.08. The molecule has 0 amide bonds. The standard InChI is InChI=1S/C16H14N4S/c1-10-8-19-16(21-10)11(2)20-15-12(7-17)9-18-14-6-4-3-5-13(14)15/h3-6,8-9,11H,1-2H3,(H,18,20). The number of nitrogens with zero attached hydrogens (tertiary/aromatic N) is 3. The van der Waals surface area contributed by atoms with Gasteiger partial charge in [0.2, 0.25) is 0 Å². The number of anilines is 1. The molecule has 0 saturated heterocycles. The van der Waals surface area contributed by atoms with E-state index in [0.717, 1.165) is 21.6 Å². The molecular formula is C16H14N4S. The maximum atomic E-state index is 9.32. The molecule has 1 unspecified atom stereocenters. The van der Waals surface area contributed by atoms with Crippen LogP contribution in [-0.4, -0.2) is 9.97 Å². The van der Waals surface area contributed by atoms with Crippen LogP contribution in [0.1, 0.15) is 28.4 Å². The maximum Gasteiger partial charge on any atom is 0.115 e. The first kappa shape index (κ1) is 13.5. The topological polar surface area (TPSA) is 61.6 Å². The van der Waals surface area contributed by atoms with Crippen molar-refractivity contribution in [1.82, 2.24) is 9.97 Å². The highest BCUT2D eigenvalue weighted by molar-refractivity contribution is 7.11. The van der Waals surface area contributed by atoms with E-state index >= 15 is 0 Å². The minimum absolute atomic E-state index is 0.0432. The van der Waals surface area contributed by atoms with E-state index in [1.54, 1.807) is 17.5 Å². The second-order valence-corrected chi connectivity index (χ2v) is 6.12. The number of pyridine rings is 1. The summed E-state index contributed by atoms with van der Waals surface area (Å²) in [5.41, 5.74) is 2.25. The Bertz CT molecular complexity index is 832. The number of para-hydroxylation sites is 1. The van der Waals surface area contributed by atoms with Gasteiger partial charge in [-0.3, -0.25) is 4.98 Å². The quantitative estimate of drug-likeness (QED) is 0.791. The Hall–Kier alpha value is -2.45. The first-order chi connectivity index (χ1) is 10.2. The van der Waals surface area contributed by atoms with Crippen molar-refractivity contribution >= 4 is 27.9 Å². The molecule has 0 fully saturated rings. The van der Waals surface area contributed by atoms with Gasteiger partial charge in [0, 0.05) is 22.7 Å².